The molecule has 15 heteroatoms. The SMILES string of the molecule is NS(=O)(=O)OCC1CC(c2cnn3c(NC4CCc5ccccc54)ncnc23)CC1OS(N)(=O)=O. The number of nitrogens with two attached hydrogens (primary N) is 2. The molecule has 0 aliphatic heterocycles. The first-order chi connectivity index (χ1) is 16.6. The number of nitrogens with one attached hydrogen (secondary N) is 1. The summed E-state index contributed by atoms with van der Waals surface area (Å²) in [4.78, 5) is 8.77. The van der Waals surface area contributed by atoms with Crippen molar-refractivity contribution in [2.24, 2.45) is 16.2 Å². The smallest absolute Gasteiger partial charge is 0.333 e. The van der Waals surface area contributed by atoms with Crippen molar-refractivity contribution in [1.82, 2.24) is 19.6 Å². The van der Waals surface area contributed by atoms with E-state index in [9.17, 15) is 16.8 Å². The molecule has 0 amide bonds. The first kappa shape index (κ1) is 24.0. The van der Waals surface area contributed by atoms with Gasteiger partial charge in [0.2, 0.25) is 5.95 Å². The fourth-order valence-electron chi connectivity index (χ4n) is 5.07. The molecule has 35 heavy (non-hydrogen) atoms. The Labute approximate surface area is 202 Å². The minimum atomic E-state index is -4.27. The second-order valence-corrected chi connectivity index (χ2v) is 11.2. The van der Waals surface area contributed by atoms with Crippen molar-refractivity contribution in [1.29, 1.82) is 0 Å². The fraction of sp³-hybridized carbons (Fsp3) is 0.450. The van der Waals surface area contributed by atoms with Crippen LogP contribution in [-0.4, -0.2) is 49.1 Å². The van der Waals surface area contributed by atoms with Crippen molar-refractivity contribution in [3.05, 3.63) is 53.5 Å². The van der Waals surface area contributed by atoms with Gasteiger partial charge < -0.3 is 5.32 Å². The van der Waals surface area contributed by atoms with E-state index in [-0.39, 0.29) is 25.0 Å². The quantitative estimate of drug-likeness (QED) is 0.375. The number of benzene rings is 1. The van der Waals surface area contributed by atoms with Gasteiger partial charge in [-0.1, -0.05) is 24.3 Å². The normalized spacial score (nSPS) is 24.6. The predicted octanol–water partition coefficient (Wildman–Crippen LogP) is 0.526. The van der Waals surface area contributed by atoms with E-state index >= 15 is 0 Å². The Kier molecular flexibility index (Phi) is 6.23. The lowest BCUT2D eigenvalue weighted by Crippen LogP contribution is -2.30. The van der Waals surface area contributed by atoms with Crippen molar-refractivity contribution < 1.29 is 25.2 Å². The Hall–Kier alpha value is -2.69. The summed E-state index contributed by atoms with van der Waals surface area (Å²) in [6, 6.07) is 8.35. The Morgan fingerprint density at radius 2 is 1.86 bits per heavy atom. The molecule has 188 valence electrons. The van der Waals surface area contributed by atoms with Gasteiger partial charge in [0.25, 0.3) is 0 Å². The van der Waals surface area contributed by atoms with Gasteiger partial charge >= 0.3 is 20.6 Å². The lowest BCUT2D eigenvalue weighted by atomic mass is 9.99. The van der Waals surface area contributed by atoms with Gasteiger partial charge in [-0.2, -0.15) is 26.4 Å². The summed E-state index contributed by atoms with van der Waals surface area (Å²) in [5.41, 5.74) is 3.84. The second-order valence-electron chi connectivity index (χ2n) is 8.80. The summed E-state index contributed by atoms with van der Waals surface area (Å²) in [6.45, 7) is -0.336. The molecule has 2 aromatic heterocycles. The van der Waals surface area contributed by atoms with Crippen LogP contribution in [0.2, 0.25) is 0 Å². The molecule has 0 bridgehead atoms. The molecule has 1 saturated carbocycles. The van der Waals surface area contributed by atoms with Gasteiger partial charge in [-0.25, -0.2) is 20.2 Å². The topological polar surface area (TPSA) is 194 Å². The molecule has 13 nitrogen and oxygen atoms in total. The lowest BCUT2D eigenvalue weighted by molar-refractivity contribution is 0.127. The standard InChI is InChI=1S/C20H25N7O6S2/c21-34(28,29)32-10-14-7-13(8-18(14)33-35(22,30)31)16-9-25-27-19(16)23-11-24-20(27)26-17-6-5-12-3-1-2-4-15(12)17/h1-4,9,11,13-14,17-18H,5-8,10H2,(H2,21,28,29)(H2,22,30,31)(H,23,24,26). The molecule has 2 heterocycles. The fourth-order valence-corrected chi connectivity index (χ4v) is 6.01. The van der Waals surface area contributed by atoms with Crippen molar-refractivity contribution in [3.63, 3.8) is 0 Å². The number of aryl methyl sites for hydroxylation is 1. The Bertz CT molecular complexity index is 1460. The van der Waals surface area contributed by atoms with Crippen molar-refractivity contribution in [3.8, 4) is 0 Å². The molecule has 2 aliphatic rings. The van der Waals surface area contributed by atoms with Crippen LogP contribution < -0.4 is 15.6 Å². The van der Waals surface area contributed by atoms with Crippen LogP contribution in [0.15, 0.2) is 36.8 Å². The van der Waals surface area contributed by atoms with Crippen molar-refractivity contribution in [2.45, 2.75) is 43.7 Å². The average Bonchev–Trinajstić information content (AvgIpc) is 3.48. The van der Waals surface area contributed by atoms with Crippen LogP contribution in [0.3, 0.4) is 0 Å². The highest BCUT2D eigenvalue weighted by atomic mass is 32.2. The maximum atomic E-state index is 11.6. The zero-order chi connectivity index (χ0) is 24.8. The highest BCUT2D eigenvalue weighted by Crippen LogP contribution is 2.42. The average molecular weight is 524 g/mol. The summed E-state index contributed by atoms with van der Waals surface area (Å²) in [5.74, 6) is -0.281. The van der Waals surface area contributed by atoms with Crippen LogP contribution in [0.1, 0.15) is 47.9 Å². The number of rotatable bonds is 8. The third kappa shape index (κ3) is 5.29. The van der Waals surface area contributed by atoms with E-state index < -0.39 is 32.6 Å². The number of hydrogen-bond acceptors (Lipinski definition) is 10. The van der Waals surface area contributed by atoms with Gasteiger partial charge in [-0.05, 0) is 42.7 Å². The molecule has 4 atom stereocenters. The second kappa shape index (κ2) is 9.07. The van der Waals surface area contributed by atoms with Gasteiger partial charge in [0, 0.05) is 11.5 Å². The van der Waals surface area contributed by atoms with Crippen LogP contribution in [0.4, 0.5) is 5.95 Å². The Morgan fingerprint density at radius 3 is 2.63 bits per heavy atom. The lowest BCUT2D eigenvalue weighted by Gasteiger charge is -2.17. The summed E-state index contributed by atoms with van der Waals surface area (Å²) in [6.07, 6.45) is 4.72. The van der Waals surface area contributed by atoms with Gasteiger partial charge in [-0.3, -0.25) is 8.37 Å². The van der Waals surface area contributed by atoms with Crippen LogP contribution in [0, 0.1) is 5.92 Å². The zero-order valence-corrected chi connectivity index (χ0v) is 20.2. The maximum absolute atomic E-state index is 11.6. The van der Waals surface area contributed by atoms with Crippen LogP contribution >= 0.6 is 0 Å². The number of hydrogen-bond donors (Lipinski definition) is 3. The van der Waals surface area contributed by atoms with Crippen LogP contribution in [0.5, 0.6) is 0 Å². The molecule has 3 aromatic rings. The monoisotopic (exact) mass is 523 g/mol. The molecule has 2 aliphatic carbocycles. The molecular formula is C20H25N7O6S2. The third-order valence-corrected chi connectivity index (χ3v) is 7.52. The molecule has 1 aromatic carbocycles. The van der Waals surface area contributed by atoms with E-state index in [1.54, 1.807) is 10.7 Å². The minimum absolute atomic E-state index is 0.0933. The van der Waals surface area contributed by atoms with Gasteiger partial charge in [-0.15, -0.1) is 0 Å². The van der Waals surface area contributed by atoms with Crippen LogP contribution in [0.25, 0.3) is 5.65 Å². The van der Waals surface area contributed by atoms with E-state index in [1.807, 2.05) is 12.1 Å². The first-order valence-corrected chi connectivity index (χ1v) is 13.9. The Morgan fingerprint density at radius 1 is 1.06 bits per heavy atom. The number of anilines is 1. The molecular weight excluding hydrogens is 498 g/mol. The highest BCUT2D eigenvalue weighted by molar-refractivity contribution is 7.84. The first-order valence-electron chi connectivity index (χ1n) is 11.0. The number of nitrogens with zero attached hydrogens (tertiary/aromatic N) is 4. The summed E-state index contributed by atoms with van der Waals surface area (Å²) in [7, 11) is -8.47. The summed E-state index contributed by atoms with van der Waals surface area (Å²) in [5, 5.41) is 17.9. The maximum Gasteiger partial charge on any atom is 0.333 e. The minimum Gasteiger partial charge on any atom is -0.347 e. The van der Waals surface area contributed by atoms with E-state index in [2.05, 4.69) is 32.5 Å². The molecule has 0 saturated heterocycles. The Balaban J connectivity index is 1.40. The van der Waals surface area contributed by atoms with Crippen LogP contribution in [-0.2, 0) is 35.4 Å². The van der Waals surface area contributed by atoms with Crippen molar-refractivity contribution >= 4 is 32.2 Å². The third-order valence-electron chi connectivity index (χ3n) is 6.54. The van der Waals surface area contributed by atoms with Gasteiger partial charge in [0.05, 0.1) is 24.9 Å². The van der Waals surface area contributed by atoms with E-state index in [0.717, 1.165) is 18.4 Å². The van der Waals surface area contributed by atoms with Gasteiger partial charge in [0.1, 0.15) is 6.33 Å². The largest absolute Gasteiger partial charge is 0.347 e. The highest BCUT2D eigenvalue weighted by Gasteiger charge is 2.40. The van der Waals surface area contributed by atoms with Crippen molar-refractivity contribution in [2.75, 3.05) is 11.9 Å². The summed E-state index contributed by atoms with van der Waals surface area (Å²) >= 11 is 0. The van der Waals surface area contributed by atoms with E-state index in [1.165, 1.54) is 17.5 Å². The molecule has 5 N–H and O–H groups in total. The zero-order valence-electron chi connectivity index (χ0n) is 18.5. The molecule has 4 unspecified atom stereocenters. The molecule has 5 rings (SSSR count). The summed E-state index contributed by atoms with van der Waals surface area (Å²) < 4.78 is 57.0. The van der Waals surface area contributed by atoms with Gasteiger partial charge in [0.15, 0.2) is 5.65 Å². The van der Waals surface area contributed by atoms with E-state index in [4.69, 9.17) is 18.6 Å². The molecule has 0 radical (unpaired) electrons. The molecule has 0 spiro atoms. The predicted molar refractivity (Wildman–Crippen MR) is 124 cm³/mol. The van der Waals surface area contributed by atoms with E-state index in [0.29, 0.717) is 18.0 Å². The molecule has 1 fully saturated rings. The number of fused-ring (bicyclic) bond motifs is 2. The number of aromatic nitrogens is 4.